The predicted molar refractivity (Wildman–Crippen MR) is 74.3 cm³/mol. The molecule has 2 aromatic rings. The lowest BCUT2D eigenvalue weighted by molar-refractivity contribution is -0.143. The van der Waals surface area contributed by atoms with Crippen molar-refractivity contribution < 1.29 is 27.9 Å². The number of hydrogen-bond acceptors (Lipinski definition) is 4. The maximum Gasteiger partial charge on any atom is 0.306 e. The number of nitrogens with zero attached hydrogens (tertiary/aromatic N) is 2. The molecule has 118 valence electrons. The average Bonchev–Trinajstić information content (AvgIpc) is 2.89. The van der Waals surface area contributed by atoms with Gasteiger partial charge in [0.25, 0.3) is 0 Å². The second-order valence-electron chi connectivity index (χ2n) is 4.72. The summed E-state index contributed by atoms with van der Waals surface area (Å²) in [6.07, 6.45) is -0.291. The van der Waals surface area contributed by atoms with E-state index >= 15 is 0 Å². The molecule has 0 radical (unpaired) electrons. The van der Waals surface area contributed by atoms with Crippen molar-refractivity contribution in [3.8, 4) is 0 Å². The predicted octanol–water partition coefficient (Wildman–Crippen LogP) is 2.79. The van der Waals surface area contributed by atoms with Crippen LogP contribution in [0.1, 0.15) is 13.3 Å². The number of carbonyl (C=O) groups is 2. The van der Waals surface area contributed by atoms with Crippen molar-refractivity contribution in [2.45, 2.75) is 13.3 Å². The molecule has 1 amide bonds. The number of benzene rings is 1. The Kier molecular flexibility index (Phi) is 4.36. The summed E-state index contributed by atoms with van der Waals surface area (Å²) in [5.41, 5.74) is -0.497. The van der Waals surface area contributed by atoms with Crippen molar-refractivity contribution in [2.24, 2.45) is 5.92 Å². The zero-order valence-corrected chi connectivity index (χ0v) is 12.4. The molecule has 1 unspecified atom stereocenters. The van der Waals surface area contributed by atoms with E-state index in [2.05, 4.69) is 4.98 Å². The summed E-state index contributed by atoms with van der Waals surface area (Å²) in [5.74, 6) is -6.25. The fraction of sp³-hybridized carbons (Fsp3) is 0.308. The van der Waals surface area contributed by atoms with E-state index in [0.29, 0.717) is 17.4 Å². The fourth-order valence-corrected chi connectivity index (χ4v) is 2.66. The minimum Gasteiger partial charge on any atom is -0.481 e. The van der Waals surface area contributed by atoms with Gasteiger partial charge in [-0.05, 0) is 0 Å². The van der Waals surface area contributed by atoms with Crippen molar-refractivity contribution >= 4 is 38.6 Å². The fourth-order valence-electron chi connectivity index (χ4n) is 1.71. The van der Waals surface area contributed by atoms with E-state index in [9.17, 15) is 22.8 Å². The molecule has 0 aliphatic carbocycles. The first-order valence-electron chi connectivity index (χ1n) is 6.15. The highest BCUT2D eigenvalue weighted by Crippen LogP contribution is 2.33. The van der Waals surface area contributed by atoms with Crippen molar-refractivity contribution in [3.05, 3.63) is 23.5 Å². The van der Waals surface area contributed by atoms with E-state index in [1.807, 2.05) is 0 Å². The molecular formula is C13H11F3N2O3S. The summed E-state index contributed by atoms with van der Waals surface area (Å²) in [6.45, 7) is 1.36. The average molecular weight is 332 g/mol. The molecule has 1 aromatic carbocycles. The van der Waals surface area contributed by atoms with Crippen LogP contribution in [0.2, 0.25) is 0 Å². The van der Waals surface area contributed by atoms with Crippen LogP contribution in [-0.2, 0) is 9.59 Å². The number of rotatable bonds is 4. The Bertz CT molecular complexity index is 763. The number of carbonyl (C=O) groups excluding carboxylic acids is 1. The first-order valence-corrected chi connectivity index (χ1v) is 6.97. The summed E-state index contributed by atoms with van der Waals surface area (Å²) in [4.78, 5) is 27.4. The van der Waals surface area contributed by atoms with E-state index in [1.165, 1.54) is 14.0 Å². The van der Waals surface area contributed by atoms with Crippen LogP contribution in [0, 0.1) is 23.4 Å². The van der Waals surface area contributed by atoms with Crippen LogP contribution < -0.4 is 4.90 Å². The third-order valence-electron chi connectivity index (χ3n) is 3.07. The lowest BCUT2D eigenvalue weighted by atomic mass is 10.1. The summed E-state index contributed by atoms with van der Waals surface area (Å²) >= 11 is 0.684. The normalized spacial score (nSPS) is 12.4. The molecule has 22 heavy (non-hydrogen) atoms. The summed E-state index contributed by atoms with van der Waals surface area (Å²) in [6, 6.07) is 0.411. The van der Waals surface area contributed by atoms with Crippen molar-refractivity contribution in [3.63, 3.8) is 0 Å². The van der Waals surface area contributed by atoms with Gasteiger partial charge in [0, 0.05) is 19.5 Å². The van der Waals surface area contributed by atoms with Crippen LogP contribution in [0.25, 0.3) is 10.2 Å². The second-order valence-corrected chi connectivity index (χ2v) is 5.70. The Morgan fingerprint density at radius 3 is 2.59 bits per heavy atom. The van der Waals surface area contributed by atoms with Gasteiger partial charge in [-0.1, -0.05) is 18.3 Å². The maximum atomic E-state index is 13.6. The lowest BCUT2D eigenvalue weighted by Crippen LogP contribution is -2.29. The van der Waals surface area contributed by atoms with Crippen LogP contribution in [0.15, 0.2) is 6.07 Å². The first-order chi connectivity index (χ1) is 10.2. The topological polar surface area (TPSA) is 70.5 Å². The number of halogens is 3. The van der Waals surface area contributed by atoms with Gasteiger partial charge in [-0.3, -0.25) is 14.5 Å². The molecular weight excluding hydrogens is 321 g/mol. The smallest absolute Gasteiger partial charge is 0.306 e. The largest absolute Gasteiger partial charge is 0.481 e. The van der Waals surface area contributed by atoms with E-state index in [4.69, 9.17) is 5.11 Å². The van der Waals surface area contributed by atoms with E-state index in [-0.39, 0.29) is 16.3 Å². The highest BCUT2D eigenvalue weighted by Gasteiger charge is 2.24. The van der Waals surface area contributed by atoms with Gasteiger partial charge in [-0.15, -0.1) is 0 Å². The zero-order chi connectivity index (χ0) is 16.6. The maximum absolute atomic E-state index is 13.6. The number of anilines is 1. The number of fused-ring (bicyclic) bond motifs is 1. The quantitative estimate of drug-likeness (QED) is 0.874. The Balaban J connectivity index is 2.35. The van der Waals surface area contributed by atoms with Crippen LogP contribution in [0.4, 0.5) is 18.3 Å². The van der Waals surface area contributed by atoms with Crippen LogP contribution in [0.3, 0.4) is 0 Å². The van der Waals surface area contributed by atoms with Crippen molar-refractivity contribution in [2.75, 3.05) is 11.9 Å². The summed E-state index contributed by atoms with van der Waals surface area (Å²) < 4.78 is 40.1. The Morgan fingerprint density at radius 1 is 1.36 bits per heavy atom. The Labute approximate surface area is 127 Å². The monoisotopic (exact) mass is 332 g/mol. The van der Waals surface area contributed by atoms with Gasteiger partial charge in [-0.2, -0.15) is 0 Å². The molecule has 0 bridgehead atoms. The Morgan fingerprint density at radius 2 is 2.00 bits per heavy atom. The molecule has 0 spiro atoms. The van der Waals surface area contributed by atoms with E-state index < -0.39 is 40.8 Å². The first kappa shape index (κ1) is 16.2. The molecule has 1 atom stereocenters. The van der Waals surface area contributed by atoms with Gasteiger partial charge < -0.3 is 5.11 Å². The molecule has 1 N–H and O–H groups in total. The van der Waals surface area contributed by atoms with E-state index in [0.717, 1.165) is 4.90 Å². The Hall–Kier alpha value is -2.16. The molecule has 0 saturated heterocycles. The number of thiazole rings is 1. The van der Waals surface area contributed by atoms with Gasteiger partial charge in [0.1, 0.15) is 11.3 Å². The van der Waals surface area contributed by atoms with Gasteiger partial charge in [0.05, 0.1) is 10.6 Å². The number of amides is 1. The minimum atomic E-state index is -1.37. The third-order valence-corrected chi connectivity index (χ3v) is 4.21. The van der Waals surface area contributed by atoms with Crippen LogP contribution in [-0.4, -0.2) is 29.0 Å². The summed E-state index contributed by atoms with van der Waals surface area (Å²) in [5, 5.41) is 8.74. The van der Waals surface area contributed by atoms with Crippen LogP contribution in [0.5, 0.6) is 0 Å². The molecule has 5 nitrogen and oxygen atoms in total. The van der Waals surface area contributed by atoms with Crippen molar-refractivity contribution in [1.82, 2.24) is 4.98 Å². The highest BCUT2D eigenvalue weighted by atomic mass is 32.1. The number of carboxylic acid groups (broad SMARTS) is 1. The SMILES string of the molecule is CC(CC(=O)N(C)c1nc2c(F)c(F)cc(F)c2s1)C(=O)O. The molecule has 0 fully saturated rings. The van der Waals surface area contributed by atoms with Crippen LogP contribution >= 0.6 is 11.3 Å². The van der Waals surface area contributed by atoms with Gasteiger partial charge in [0.2, 0.25) is 5.91 Å². The molecule has 0 aliphatic rings. The van der Waals surface area contributed by atoms with Crippen molar-refractivity contribution in [1.29, 1.82) is 0 Å². The van der Waals surface area contributed by atoms with Gasteiger partial charge >= 0.3 is 5.97 Å². The third kappa shape index (κ3) is 2.89. The number of aromatic nitrogens is 1. The number of aliphatic carboxylic acids is 1. The number of carboxylic acids is 1. The van der Waals surface area contributed by atoms with E-state index in [1.54, 1.807) is 0 Å². The minimum absolute atomic E-state index is 0.0408. The molecule has 1 aromatic heterocycles. The zero-order valence-electron chi connectivity index (χ0n) is 11.6. The lowest BCUT2D eigenvalue weighted by Gasteiger charge is -2.14. The molecule has 2 rings (SSSR count). The number of hydrogen-bond donors (Lipinski definition) is 1. The summed E-state index contributed by atoms with van der Waals surface area (Å²) in [7, 11) is 1.31. The standard InChI is InChI=1S/C13H11F3N2O3S/c1-5(12(20)21)3-8(19)18(2)13-17-10-9(16)6(14)4-7(15)11(10)22-13/h4-5H,3H2,1-2H3,(H,20,21). The molecule has 1 heterocycles. The van der Waals surface area contributed by atoms with Gasteiger partial charge in [0.15, 0.2) is 16.8 Å². The van der Waals surface area contributed by atoms with Gasteiger partial charge in [-0.25, -0.2) is 18.2 Å². The highest BCUT2D eigenvalue weighted by molar-refractivity contribution is 7.22. The molecule has 9 heteroatoms. The molecule has 0 saturated carbocycles. The second kappa shape index (κ2) is 5.91. The molecule has 0 aliphatic heterocycles.